The third-order valence-corrected chi connectivity index (χ3v) is 3.01. The van der Waals surface area contributed by atoms with Crippen molar-refractivity contribution in [1.82, 2.24) is 5.43 Å². The fourth-order valence-corrected chi connectivity index (χ4v) is 2.16. The number of rotatable bonds is 3. The first-order valence-electron chi connectivity index (χ1n) is 6.33. The van der Waals surface area contributed by atoms with E-state index in [1.807, 2.05) is 0 Å². The Kier molecular flexibility index (Phi) is 5.56. The normalized spacial score (nSPS) is 10.5. The maximum atomic E-state index is 11.7. The highest BCUT2D eigenvalue weighted by atomic mass is 35.5. The molecule has 2 aromatic rings. The van der Waals surface area contributed by atoms with Crippen molar-refractivity contribution in [3.05, 3.63) is 58.1 Å². The van der Waals surface area contributed by atoms with Gasteiger partial charge in [0.25, 0.3) is 0 Å². The van der Waals surface area contributed by atoms with Crippen LogP contribution in [0.4, 0.5) is 5.69 Å². The Labute approximate surface area is 141 Å². The van der Waals surface area contributed by atoms with Crippen LogP contribution < -0.4 is 10.7 Å². The highest BCUT2D eigenvalue weighted by molar-refractivity contribution is 6.40. The van der Waals surface area contributed by atoms with Crippen LogP contribution in [-0.4, -0.2) is 23.1 Å². The van der Waals surface area contributed by atoms with Gasteiger partial charge in [-0.15, -0.1) is 0 Å². The van der Waals surface area contributed by atoms with E-state index in [2.05, 4.69) is 15.8 Å². The maximum absolute atomic E-state index is 11.7. The van der Waals surface area contributed by atoms with E-state index in [4.69, 9.17) is 23.2 Å². The molecule has 0 bridgehead atoms. The molecule has 0 aromatic heterocycles. The number of halogens is 2. The van der Waals surface area contributed by atoms with Crippen LogP contribution in [-0.2, 0) is 9.59 Å². The molecule has 0 radical (unpaired) electrons. The molecule has 0 saturated heterocycles. The summed E-state index contributed by atoms with van der Waals surface area (Å²) < 4.78 is 0. The van der Waals surface area contributed by atoms with E-state index in [1.54, 1.807) is 12.1 Å². The average Bonchev–Trinajstić information content (AvgIpc) is 2.46. The van der Waals surface area contributed by atoms with Gasteiger partial charge >= 0.3 is 11.8 Å². The molecule has 23 heavy (non-hydrogen) atoms. The molecular formula is C15H11Cl2N3O3. The summed E-state index contributed by atoms with van der Waals surface area (Å²) in [5.41, 5.74) is 2.92. The number of hydrazone groups is 1. The Morgan fingerprint density at radius 3 is 2.39 bits per heavy atom. The van der Waals surface area contributed by atoms with Crippen molar-refractivity contribution < 1.29 is 14.7 Å². The second-order valence-electron chi connectivity index (χ2n) is 4.41. The lowest BCUT2D eigenvalue weighted by molar-refractivity contribution is -0.136. The number of benzene rings is 2. The van der Waals surface area contributed by atoms with Gasteiger partial charge < -0.3 is 10.4 Å². The molecule has 3 N–H and O–H groups in total. The summed E-state index contributed by atoms with van der Waals surface area (Å²) in [4.78, 5) is 23.3. The van der Waals surface area contributed by atoms with Crippen molar-refractivity contribution in [2.24, 2.45) is 5.10 Å². The smallest absolute Gasteiger partial charge is 0.329 e. The molecule has 0 heterocycles. The third-order valence-electron chi connectivity index (χ3n) is 2.58. The van der Waals surface area contributed by atoms with Crippen LogP contribution in [0, 0.1) is 0 Å². The summed E-state index contributed by atoms with van der Waals surface area (Å²) in [6, 6.07) is 10.6. The Hall–Kier alpha value is -2.57. The summed E-state index contributed by atoms with van der Waals surface area (Å²) in [6.07, 6.45) is 1.29. The maximum Gasteiger partial charge on any atom is 0.329 e. The second-order valence-corrected chi connectivity index (χ2v) is 5.28. The number of anilines is 1. The number of hydrogen-bond acceptors (Lipinski definition) is 4. The van der Waals surface area contributed by atoms with Gasteiger partial charge in [0.2, 0.25) is 0 Å². The van der Waals surface area contributed by atoms with Crippen LogP contribution in [0.5, 0.6) is 5.75 Å². The molecule has 2 rings (SSSR count). The van der Waals surface area contributed by atoms with Crippen molar-refractivity contribution in [3.8, 4) is 5.75 Å². The number of nitrogens with one attached hydrogen (secondary N) is 2. The Balaban J connectivity index is 1.93. The molecule has 0 saturated carbocycles. The Morgan fingerprint density at radius 1 is 1.04 bits per heavy atom. The minimum absolute atomic E-state index is 0.0656. The Morgan fingerprint density at radius 2 is 1.74 bits per heavy atom. The molecule has 0 fully saturated rings. The number of nitrogens with zero attached hydrogens (tertiary/aromatic N) is 1. The third kappa shape index (κ3) is 5.28. The monoisotopic (exact) mass is 351 g/mol. The van der Waals surface area contributed by atoms with E-state index >= 15 is 0 Å². The summed E-state index contributed by atoms with van der Waals surface area (Å²) in [5.74, 6) is -1.82. The number of phenolic OH excluding ortho intramolecular Hbond substituents is 1. The molecule has 6 nitrogen and oxygen atoms in total. The first-order chi connectivity index (χ1) is 10.9. The minimum Gasteiger partial charge on any atom is -0.508 e. The van der Waals surface area contributed by atoms with Gasteiger partial charge in [-0.2, -0.15) is 5.10 Å². The lowest BCUT2D eigenvalue weighted by Gasteiger charge is -2.05. The SMILES string of the molecule is O=C(N/N=C\c1cccc(O)c1)C(=O)Nc1cc(Cl)cc(Cl)c1. The number of aromatic hydroxyl groups is 1. The molecule has 0 aliphatic heterocycles. The van der Waals surface area contributed by atoms with E-state index in [-0.39, 0.29) is 5.75 Å². The largest absolute Gasteiger partial charge is 0.508 e. The molecule has 0 unspecified atom stereocenters. The van der Waals surface area contributed by atoms with Gasteiger partial charge in [0.1, 0.15) is 5.75 Å². The number of hydrogen-bond donors (Lipinski definition) is 3. The van der Waals surface area contributed by atoms with Gasteiger partial charge in [0, 0.05) is 15.7 Å². The van der Waals surface area contributed by atoms with Gasteiger partial charge in [0.05, 0.1) is 6.21 Å². The van der Waals surface area contributed by atoms with Crippen molar-refractivity contribution in [2.45, 2.75) is 0 Å². The number of carbonyl (C=O) groups is 2. The standard InChI is InChI=1S/C15H11Cl2N3O3/c16-10-5-11(17)7-12(6-10)19-14(22)15(23)20-18-8-9-2-1-3-13(21)4-9/h1-8,21H,(H,19,22)(H,20,23)/b18-8-. The molecule has 0 aliphatic rings. The number of phenols is 1. The Bertz CT molecular complexity index is 758. The molecule has 2 aromatic carbocycles. The zero-order valence-corrected chi connectivity index (χ0v) is 13.1. The zero-order valence-electron chi connectivity index (χ0n) is 11.6. The first kappa shape index (κ1) is 16.8. The summed E-state index contributed by atoms with van der Waals surface area (Å²) >= 11 is 11.6. The van der Waals surface area contributed by atoms with E-state index in [0.717, 1.165) is 0 Å². The van der Waals surface area contributed by atoms with Crippen molar-refractivity contribution >= 4 is 46.9 Å². The van der Waals surface area contributed by atoms with Crippen molar-refractivity contribution in [1.29, 1.82) is 0 Å². The highest BCUT2D eigenvalue weighted by Crippen LogP contribution is 2.22. The molecular weight excluding hydrogens is 341 g/mol. The topological polar surface area (TPSA) is 90.8 Å². The lowest BCUT2D eigenvalue weighted by Crippen LogP contribution is -2.32. The van der Waals surface area contributed by atoms with Gasteiger partial charge in [-0.05, 0) is 35.9 Å². The number of carbonyl (C=O) groups excluding carboxylic acids is 2. The minimum atomic E-state index is -0.961. The molecule has 0 spiro atoms. The summed E-state index contributed by atoms with van der Waals surface area (Å²) in [7, 11) is 0. The van der Waals surface area contributed by atoms with Crippen LogP contribution in [0.1, 0.15) is 5.56 Å². The van der Waals surface area contributed by atoms with Gasteiger partial charge in [-0.1, -0.05) is 35.3 Å². The predicted molar refractivity (Wildman–Crippen MR) is 88.9 cm³/mol. The van der Waals surface area contributed by atoms with E-state index < -0.39 is 11.8 Å². The van der Waals surface area contributed by atoms with Crippen LogP contribution in [0.25, 0.3) is 0 Å². The van der Waals surface area contributed by atoms with Crippen LogP contribution >= 0.6 is 23.2 Å². The van der Waals surface area contributed by atoms with E-state index in [0.29, 0.717) is 21.3 Å². The molecule has 0 atom stereocenters. The van der Waals surface area contributed by atoms with Crippen LogP contribution in [0.15, 0.2) is 47.6 Å². The molecule has 118 valence electrons. The summed E-state index contributed by atoms with van der Waals surface area (Å²) in [5, 5.41) is 15.9. The fourth-order valence-electron chi connectivity index (χ4n) is 1.64. The molecule has 0 aliphatic carbocycles. The lowest BCUT2D eigenvalue weighted by atomic mass is 10.2. The summed E-state index contributed by atoms with van der Waals surface area (Å²) in [6.45, 7) is 0. The van der Waals surface area contributed by atoms with Gasteiger partial charge in [-0.3, -0.25) is 9.59 Å². The first-order valence-corrected chi connectivity index (χ1v) is 7.09. The average molecular weight is 352 g/mol. The molecule has 8 heteroatoms. The van der Waals surface area contributed by atoms with Gasteiger partial charge in [-0.25, -0.2) is 5.43 Å². The highest BCUT2D eigenvalue weighted by Gasteiger charge is 2.13. The zero-order chi connectivity index (χ0) is 16.8. The predicted octanol–water partition coefficient (Wildman–Crippen LogP) is 2.79. The molecule has 2 amide bonds. The van der Waals surface area contributed by atoms with Crippen molar-refractivity contribution in [2.75, 3.05) is 5.32 Å². The second kappa shape index (κ2) is 7.62. The van der Waals surface area contributed by atoms with E-state index in [9.17, 15) is 14.7 Å². The number of amides is 2. The van der Waals surface area contributed by atoms with Gasteiger partial charge in [0.15, 0.2) is 0 Å². The quantitative estimate of drug-likeness (QED) is 0.451. The van der Waals surface area contributed by atoms with Crippen LogP contribution in [0.2, 0.25) is 10.0 Å². The van der Waals surface area contributed by atoms with Crippen LogP contribution in [0.3, 0.4) is 0 Å². The van der Waals surface area contributed by atoms with E-state index in [1.165, 1.54) is 36.5 Å². The fraction of sp³-hybridized carbons (Fsp3) is 0. The van der Waals surface area contributed by atoms with Crippen molar-refractivity contribution in [3.63, 3.8) is 0 Å².